The summed E-state index contributed by atoms with van der Waals surface area (Å²) in [5.41, 5.74) is 0.848. The van der Waals surface area contributed by atoms with Gasteiger partial charge in [-0.1, -0.05) is 23.7 Å². The Labute approximate surface area is 116 Å². The summed E-state index contributed by atoms with van der Waals surface area (Å²) >= 11 is 5.87. The summed E-state index contributed by atoms with van der Waals surface area (Å²) in [6, 6.07) is 8.17. The Bertz CT molecular complexity index is 525. The summed E-state index contributed by atoms with van der Waals surface area (Å²) in [5.74, 6) is 0.403. The SMILES string of the molecule is CCNc1ccc(COc2c(F)cccc2Cl)cn1. The minimum absolute atomic E-state index is 0.0694. The molecule has 1 N–H and O–H groups in total. The molecule has 0 aliphatic heterocycles. The van der Waals surface area contributed by atoms with Crippen LogP contribution in [0.2, 0.25) is 5.02 Å². The molecule has 5 heteroatoms. The van der Waals surface area contributed by atoms with E-state index in [0.29, 0.717) is 0 Å². The highest BCUT2D eigenvalue weighted by molar-refractivity contribution is 6.32. The number of halogens is 2. The molecule has 100 valence electrons. The lowest BCUT2D eigenvalue weighted by Gasteiger charge is -2.09. The average molecular weight is 281 g/mol. The van der Waals surface area contributed by atoms with Crippen molar-refractivity contribution >= 4 is 17.4 Å². The van der Waals surface area contributed by atoms with E-state index in [1.165, 1.54) is 12.1 Å². The molecule has 0 saturated heterocycles. The molecule has 0 unspecified atom stereocenters. The van der Waals surface area contributed by atoms with Crippen LogP contribution in [0.1, 0.15) is 12.5 Å². The first-order valence-electron chi connectivity index (χ1n) is 5.96. The van der Waals surface area contributed by atoms with Gasteiger partial charge in [0, 0.05) is 18.3 Å². The topological polar surface area (TPSA) is 34.1 Å². The number of hydrogen-bond acceptors (Lipinski definition) is 3. The molecule has 2 rings (SSSR count). The van der Waals surface area contributed by atoms with Gasteiger partial charge in [-0.05, 0) is 25.1 Å². The number of hydrogen-bond donors (Lipinski definition) is 1. The van der Waals surface area contributed by atoms with Crippen molar-refractivity contribution < 1.29 is 9.13 Å². The highest BCUT2D eigenvalue weighted by Gasteiger charge is 2.08. The molecular weight excluding hydrogens is 267 g/mol. The van der Waals surface area contributed by atoms with Gasteiger partial charge in [0.25, 0.3) is 0 Å². The standard InChI is InChI=1S/C14H14ClFN2O/c1-2-17-13-7-6-10(8-18-13)9-19-14-11(15)4-3-5-12(14)16/h3-8H,2,9H2,1H3,(H,17,18). The number of nitrogens with zero attached hydrogens (tertiary/aromatic N) is 1. The first-order valence-corrected chi connectivity index (χ1v) is 6.34. The van der Waals surface area contributed by atoms with E-state index in [2.05, 4.69) is 10.3 Å². The van der Waals surface area contributed by atoms with E-state index in [1.54, 1.807) is 12.3 Å². The number of aromatic nitrogens is 1. The van der Waals surface area contributed by atoms with E-state index in [-0.39, 0.29) is 17.4 Å². The third kappa shape index (κ3) is 3.58. The molecule has 19 heavy (non-hydrogen) atoms. The van der Waals surface area contributed by atoms with Gasteiger partial charge in [-0.2, -0.15) is 0 Å². The fraction of sp³-hybridized carbons (Fsp3) is 0.214. The Morgan fingerprint density at radius 2 is 2.16 bits per heavy atom. The zero-order valence-electron chi connectivity index (χ0n) is 10.5. The predicted octanol–water partition coefficient (Wildman–Crippen LogP) is 3.88. The van der Waals surface area contributed by atoms with Crippen LogP contribution in [0.25, 0.3) is 0 Å². The maximum absolute atomic E-state index is 13.5. The van der Waals surface area contributed by atoms with Crippen molar-refractivity contribution in [3.63, 3.8) is 0 Å². The Hall–Kier alpha value is -1.81. The quantitative estimate of drug-likeness (QED) is 0.902. The maximum atomic E-state index is 13.5. The van der Waals surface area contributed by atoms with Gasteiger partial charge in [0.2, 0.25) is 0 Å². The van der Waals surface area contributed by atoms with Crippen LogP contribution in [0.4, 0.5) is 10.2 Å². The molecular formula is C14H14ClFN2O. The van der Waals surface area contributed by atoms with E-state index in [9.17, 15) is 4.39 Å². The van der Waals surface area contributed by atoms with Crippen LogP contribution in [0.3, 0.4) is 0 Å². The van der Waals surface area contributed by atoms with Gasteiger partial charge in [-0.25, -0.2) is 9.37 Å². The van der Waals surface area contributed by atoms with E-state index in [1.807, 2.05) is 19.1 Å². The summed E-state index contributed by atoms with van der Waals surface area (Å²) in [7, 11) is 0. The van der Waals surface area contributed by atoms with Crippen molar-refractivity contribution in [3.8, 4) is 5.75 Å². The van der Waals surface area contributed by atoms with Crippen LogP contribution in [0, 0.1) is 5.82 Å². The van der Waals surface area contributed by atoms with E-state index < -0.39 is 5.82 Å². The zero-order chi connectivity index (χ0) is 13.7. The van der Waals surface area contributed by atoms with Crippen LogP contribution >= 0.6 is 11.6 Å². The predicted molar refractivity (Wildman–Crippen MR) is 74.1 cm³/mol. The smallest absolute Gasteiger partial charge is 0.174 e. The van der Waals surface area contributed by atoms with Gasteiger partial charge in [0.05, 0.1) is 5.02 Å². The highest BCUT2D eigenvalue weighted by Crippen LogP contribution is 2.27. The molecule has 0 atom stereocenters. The van der Waals surface area contributed by atoms with Crippen molar-refractivity contribution in [1.29, 1.82) is 0 Å². The summed E-state index contributed by atoms with van der Waals surface area (Å²) in [6.07, 6.45) is 1.69. The van der Waals surface area contributed by atoms with Gasteiger partial charge < -0.3 is 10.1 Å². The Morgan fingerprint density at radius 3 is 2.79 bits per heavy atom. The van der Waals surface area contributed by atoms with E-state index in [4.69, 9.17) is 16.3 Å². The monoisotopic (exact) mass is 280 g/mol. The minimum Gasteiger partial charge on any atom is -0.484 e. The van der Waals surface area contributed by atoms with Gasteiger partial charge in [0.1, 0.15) is 12.4 Å². The molecule has 1 aromatic heterocycles. The number of benzene rings is 1. The molecule has 0 bridgehead atoms. The highest BCUT2D eigenvalue weighted by atomic mass is 35.5. The molecule has 0 spiro atoms. The molecule has 0 aliphatic carbocycles. The summed E-state index contributed by atoms with van der Waals surface area (Å²) < 4.78 is 18.9. The fourth-order valence-corrected chi connectivity index (χ4v) is 1.79. The summed E-state index contributed by atoms with van der Waals surface area (Å²) in [5, 5.41) is 3.36. The lowest BCUT2D eigenvalue weighted by Crippen LogP contribution is -2.01. The Balaban J connectivity index is 2.02. The summed E-state index contributed by atoms with van der Waals surface area (Å²) in [6.45, 7) is 3.03. The zero-order valence-corrected chi connectivity index (χ0v) is 11.2. The normalized spacial score (nSPS) is 10.3. The molecule has 1 aromatic carbocycles. The van der Waals surface area contributed by atoms with Crippen molar-refractivity contribution in [3.05, 3.63) is 52.9 Å². The lowest BCUT2D eigenvalue weighted by molar-refractivity contribution is 0.290. The largest absolute Gasteiger partial charge is 0.484 e. The van der Waals surface area contributed by atoms with Crippen LogP contribution < -0.4 is 10.1 Å². The second-order valence-electron chi connectivity index (χ2n) is 3.92. The second kappa shape index (κ2) is 6.38. The lowest BCUT2D eigenvalue weighted by atomic mass is 10.3. The molecule has 0 saturated carbocycles. The number of para-hydroxylation sites is 1. The molecule has 2 aromatic rings. The first kappa shape index (κ1) is 13.6. The Kier molecular flexibility index (Phi) is 4.58. The number of ether oxygens (including phenoxy) is 1. The van der Waals surface area contributed by atoms with Crippen LogP contribution in [0.15, 0.2) is 36.5 Å². The first-order chi connectivity index (χ1) is 9.20. The van der Waals surface area contributed by atoms with Crippen LogP contribution in [-0.2, 0) is 6.61 Å². The second-order valence-corrected chi connectivity index (χ2v) is 4.33. The van der Waals surface area contributed by atoms with Gasteiger partial charge in [-0.3, -0.25) is 0 Å². The molecule has 0 amide bonds. The number of pyridine rings is 1. The van der Waals surface area contributed by atoms with Gasteiger partial charge in [-0.15, -0.1) is 0 Å². The number of rotatable bonds is 5. The van der Waals surface area contributed by atoms with Crippen molar-refractivity contribution in [2.24, 2.45) is 0 Å². The van der Waals surface area contributed by atoms with Crippen molar-refractivity contribution in [1.82, 2.24) is 4.98 Å². The van der Waals surface area contributed by atoms with Crippen molar-refractivity contribution in [2.45, 2.75) is 13.5 Å². The third-order valence-corrected chi connectivity index (χ3v) is 2.78. The van der Waals surface area contributed by atoms with Crippen LogP contribution in [-0.4, -0.2) is 11.5 Å². The van der Waals surface area contributed by atoms with Gasteiger partial charge >= 0.3 is 0 Å². The number of anilines is 1. The van der Waals surface area contributed by atoms with Gasteiger partial charge in [0.15, 0.2) is 11.6 Å². The average Bonchev–Trinajstić information content (AvgIpc) is 2.40. The minimum atomic E-state index is -0.468. The summed E-state index contributed by atoms with van der Waals surface area (Å²) in [4.78, 5) is 4.21. The van der Waals surface area contributed by atoms with Crippen LogP contribution in [0.5, 0.6) is 5.75 Å². The molecule has 0 radical (unpaired) electrons. The van der Waals surface area contributed by atoms with Crippen molar-refractivity contribution in [2.75, 3.05) is 11.9 Å². The molecule has 3 nitrogen and oxygen atoms in total. The van der Waals surface area contributed by atoms with E-state index >= 15 is 0 Å². The molecule has 0 aliphatic rings. The molecule has 0 fully saturated rings. The maximum Gasteiger partial charge on any atom is 0.174 e. The Morgan fingerprint density at radius 1 is 1.32 bits per heavy atom. The third-order valence-electron chi connectivity index (χ3n) is 2.48. The molecule has 1 heterocycles. The fourth-order valence-electron chi connectivity index (χ4n) is 1.57. The number of nitrogens with one attached hydrogen (secondary N) is 1. The van der Waals surface area contributed by atoms with E-state index in [0.717, 1.165) is 17.9 Å².